The number of hydrogen-bond donors (Lipinski definition) is 4. The highest BCUT2D eigenvalue weighted by Crippen LogP contribution is 2.22. The molecule has 0 fully saturated rings. The van der Waals surface area contributed by atoms with Crippen LogP contribution in [-0.2, 0) is 11.2 Å². The van der Waals surface area contributed by atoms with Gasteiger partial charge in [-0.2, -0.15) is 9.78 Å². The molecule has 1 atom stereocenters. The monoisotopic (exact) mass is 542 g/mol. The van der Waals surface area contributed by atoms with Gasteiger partial charge in [-0.15, -0.1) is 5.10 Å². The zero-order valence-electron chi connectivity index (χ0n) is 20.5. The molecular formula is C27H23ClN8O3. The summed E-state index contributed by atoms with van der Waals surface area (Å²) in [5, 5.41) is 34.6. The number of halogens is 1. The lowest BCUT2D eigenvalue weighted by Crippen LogP contribution is -2.40. The third kappa shape index (κ3) is 6.28. The van der Waals surface area contributed by atoms with Gasteiger partial charge in [0.25, 0.3) is 0 Å². The fraction of sp³-hybridized carbons (Fsp3) is 0.111. The number of hydrogen-bond acceptors (Lipinski definition) is 7. The van der Waals surface area contributed by atoms with Gasteiger partial charge in [0.05, 0.1) is 17.2 Å². The number of nitrogens with zero attached hydrogens (tertiary/aromatic N) is 5. The molecule has 0 saturated carbocycles. The van der Waals surface area contributed by atoms with Crippen molar-refractivity contribution in [1.82, 2.24) is 35.7 Å². The number of rotatable bonds is 10. The quantitative estimate of drug-likeness (QED) is 0.195. The van der Waals surface area contributed by atoms with Gasteiger partial charge in [-0.25, -0.2) is 4.79 Å². The summed E-state index contributed by atoms with van der Waals surface area (Å²) in [7, 11) is 0. The number of carboxylic acids is 1. The van der Waals surface area contributed by atoms with E-state index in [1.165, 1.54) is 17.1 Å². The second-order valence-electron chi connectivity index (χ2n) is 8.70. The molecule has 2 heterocycles. The first-order chi connectivity index (χ1) is 19.0. The molecule has 4 N–H and O–H groups in total. The van der Waals surface area contributed by atoms with Gasteiger partial charge in [-0.05, 0) is 64.9 Å². The van der Waals surface area contributed by atoms with Crippen LogP contribution < -0.4 is 10.6 Å². The molecule has 1 amide bonds. The van der Waals surface area contributed by atoms with Gasteiger partial charge in [0.1, 0.15) is 6.33 Å². The van der Waals surface area contributed by atoms with Crippen LogP contribution in [-0.4, -0.2) is 60.0 Å². The number of nitrogens with one attached hydrogen (secondary N) is 3. The van der Waals surface area contributed by atoms with Crippen molar-refractivity contribution in [2.75, 3.05) is 11.9 Å². The summed E-state index contributed by atoms with van der Waals surface area (Å²) >= 11 is 6.18. The van der Waals surface area contributed by atoms with Crippen LogP contribution in [0.3, 0.4) is 0 Å². The molecule has 0 spiro atoms. The maximum atomic E-state index is 13.0. The van der Waals surface area contributed by atoms with Crippen LogP contribution in [0.1, 0.15) is 21.6 Å². The summed E-state index contributed by atoms with van der Waals surface area (Å²) in [5.74, 6) is -1.40. The molecule has 196 valence electrons. The number of carboxylic acid groups (broad SMARTS) is 1. The number of aromatic amines is 1. The van der Waals surface area contributed by atoms with E-state index in [-0.39, 0.29) is 17.6 Å². The van der Waals surface area contributed by atoms with Crippen molar-refractivity contribution in [3.05, 3.63) is 101 Å². The van der Waals surface area contributed by atoms with E-state index in [1.807, 2.05) is 36.4 Å². The molecule has 12 heteroatoms. The van der Waals surface area contributed by atoms with E-state index in [1.54, 1.807) is 36.4 Å². The first kappa shape index (κ1) is 25.6. The summed E-state index contributed by atoms with van der Waals surface area (Å²) in [4.78, 5) is 24.5. The molecule has 0 radical (unpaired) electrons. The summed E-state index contributed by atoms with van der Waals surface area (Å²) in [5.41, 5.74) is 3.69. The fourth-order valence-electron chi connectivity index (χ4n) is 4.15. The lowest BCUT2D eigenvalue weighted by Gasteiger charge is -2.20. The van der Waals surface area contributed by atoms with Gasteiger partial charge in [-0.3, -0.25) is 9.89 Å². The van der Waals surface area contributed by atoms with Crippen LogP contribution >= 0.6 is 11.6 Å². The molecule has 0 unspecified atom stereocenters. The Bertz CT molecular complexity index is 1630. The fourth-order valence-corrected chi connectivity index (χ4v) is 4.34. The molecule has 0 aliphatic rings. The van der Waals surface area contributed by atoms with Crippen LogP contribution in [0.25, 0.3) is 22.7 Å². The summed E-state index contributed by atoms with van der Waals surface area (Å²) < 4.78 is 1.49. The zero-order valence-corrected chi connectivity index (χ0v) is 21.2. The summed E-state index contributed by atoms with van der Waals surface area (Å²) in [6, 6.07) is 20.1. The number of amides is 1. The Morgan fingerprint density at radius 2 is 1.95 bits per heavy atom. The molecule has 39 heavy (non-hydrogen) atoms. The first-order valence-electron chi connectivity index (χ1n) is 12.0. The summed E-state index contributed by atoms with van der Waals surface area (Å²) in [6.45, 7) is 0.396. The lowest BCUT2D eigenvalue weighted by atomic mass is 10.1. The normalized spacial score (nSPS) is 12.0. The molecule has 0 bridgehead atoms. The van der Waals surface area contributed by atoms with Gasteiger partial charge < -0.3 is 15.7 Å². The van der Waals surface area contributed by atoms with Gasteiger partial charge >= 0.3 is 5.97 Å². The minimum atomic E-state index is -1.11. The molecule has 2 aromatic heterocycles. The molecule has 5 rings (SSSR count). The van der Waals surface area contributed by atoms with E-state index >= 15 is 0 Å². The average Bonchev–Trinajstić information content (AvgIpc) is 3.61. The highest BCUT2D eigenvalue weighted by Gasteiger charge is 2.15. The number of fused-ring (bicyclic) bond motifs is 1. The molecule has 0 aliphatic carbocycles. The van der Waals surface area contributed by atoms with E-state index in [9.17, 15) is 14.7 Å². The minimum Gasteiger partial charge on any atom is -0.476 e. The largest absolute Gasteiger partial charge is 0.476 e. The Hall–Kier alpha value is -5.03. The third-order valence-electron chi connectivity index (χ3n) is 5.99. The number of anilines is 1. The third-order valence-corrected chi connectivity index (χ3v) is 6.22. The topological polar surface area (TPSA) is 151 Å². The van der Waals surface area contributed by atoms with Crippen LogP contribution in [0, 0.1) is 0 Å². The SMILES string of the molecule is O=C(/C=C/c1cc(Cl)ccc1-n1cnnn1)N[C@H](CNc1ccc2[nH]nc(C(=O)O)c2c1)Cc1ccccc1. The predicted molar refractivity (Wildman–Crippen MR) is 147 cm³/mol. The van der Waals surface area contributed by atoms with E-state index in [4.69, 9.17) is 11.6 Å². The van der Waals surface area contributed by atoms with E-state index < -0.39 is 5.97 Å². The Balaban J connectivity index is 1.32. The number of aromatic nitrogens is 6. The number of carbonyl (C=O) groups is 2. The molecule has 0 saturated heterocycles. The minimum absolute atomic E-state index is 0.0463. The Kier molecular flexibility index (Phi) is 7.60. The van der Waals surface area contributed by atoms with Crippen LogP contribution in [0.4, 0.5) is 5.69 Å². The number of aromatic carboxylic acids is 1. The van der Waals surface area contributed by atoms with E-state index in [2.05, 4.69) is 36.4 Å². The van der Waals surface area contributed by atoms with Gasteiger partial charge in [0.15, 0.2) is 5.69 Å². The number of carbonyl (C=O) groups excluding carboxylic acids is 1. The second kappa shape index (κ2) is 11.6. The van der Waals surface area contributed by atoms with Crippen molar-refractivity contribution in [1.29, 1.82) is 0 Å². The van der Waals surface area contributed by atoms with Crippen molar-refractivity contribution in [2.45, 2.75) is 12.5 Å². The molecule has 0 aliphatic heterocycles. The maximum absolute atomic E-state index is 13.0. The van der Waals surface area contributed by atoms with Crippen molar-refractivity contribution in [2.24, 2.45) is 0 Å². The second-order valence-corrected chi connectivity index (χ2v) is 9.14. The van der Waals surface area contributed by atoms with Gasteiger partial charge in [0, 0.05) is 34.3 Å². The Morgan fingerprint density at radius 1 is 1.10 bits per heavy atom. The number of H-pyrrole nitrogens is 1. The van der Waals surface area contributed by atoms with E-state index in [0.29, 0.717) is 45.8 Å². The maximum Gasteiger partial charge on any atom is 0.357 e. The predicted octanol–water partition coefficient (Wildman–Crippen LogP) is 3.74. The van der Waals surface area contributed by atoms with Gasteiger partial charge in [-0.1, -0.05) is 41.9 Å². The highest BCUT2D eigenvalue weighted by molar-refractivity contribution is 6.30. The van der Waals surface area contributed by atoms with E-state index in [0.717, 1.165) is 5.56 Å². The highest BCUT2D eigenvalue weighted by atomic mass is 35.5. The average molecular weight is 543 g/mol. The van der Waals surface area contributed by atoms with Gasteiger partial charge in [0.2, 0.25) is 5.91 Å². The van der Waals surface area contributed by atoms with Crippen LogP contribution in [0.5, 0.6) is 0 Å². The first-order valence-corrected chi connectivity index (χ1v) is 12.3. The Labute approximate surface area is 227 Å². The van der Waals surface area contributed by atoms with Crippen molar-refractivity contribution in [3.63, 3.8) is 0 Å². The number of benzene rings is 3. The van der Waals surface area contributed by atoms with Crippen molar-refractivity contribution < 1.29 is 14.7 Å². The zero-order chi connectivity index (χ0) is 27.2. The van der Waals surface area contributed by atoms with Crippen molar-refractivity contribution in [3.8, 4) is 5.69 Å². The molecule has 5 aromatic rings. The standard InChI is InChI=1S/C27H23ClN8O3/c28-19-7-10-24(36-16-30-34-35-36)18(13-19)6-11-25(37)31-21(12-17-4-2-1-3-5-17)15-29-20-8-9-23-22(14-20)26(27(38)39)33-32-23/h1-11,13-14,16,21,29H,12,15H2,(H,31,37)(H,32,33)(H,38,39)/b11-6+/t21-/m0/s1. The summed E-state index contributed by atoms with van der Waals surface area (Å²) in [6.07, 6.45) is 5.14. The number of tetrazole rings is 1. The lowest BCUT2D eigenvalue weighted by molar-refractivity contribution is -0.117. The molecule has 3 aromatic carbocycles. The van der Waals surface area contributed by atoms with Crippen LogP contribution in [0.2, 0.25) is 5.02 Å². The smallest absolute Gasteiger partial charge is 0.357 e. The molecular weight excluding hydrogens is 520 g/mol. The van der Waals surface area contributed by atoms with Crippen molar-refractivity contribution >= 4 is 46.1 Å². The molecule has 11 nitrogen and oxygen atoms in total. The Morgan fingerprint density at radius 3 is 2.72 bits per heavy atom. The van der Waals surface area contributed by atoms with Crippen LogP contribution in [0.15, 0.2) is 79.1 Å².